The van der Waals surface area contributed by atoms with E-state index in [1.165, 1.54) is 11.3 Å². The molecule has 0 saturated heterocycles. The number of anilines is 1. The van der Waals surface area contributed by atoms with E-state index in [9.17, 15) is 4.79 Å². The molecule has 1 amide bonds. The lowest BCUT2D eigenvalue weighted by atomic mass is 9.99. The van der Waals surface area contributed by atoms with Crippen LogP contribution in [0.4, 0.5) is 5.69 Å². The molecule has 2 aromatic rings. The highest BCUT2D eigenvalue weighted by Gasteiger charge is 2.16. The summed E-state index contributed by atoms with van der Waals surface area (Å²) in [6.07, 6.45) is 3.86. The largest absolute Gasteiger partial charge is 0.475 e. The first-order valence-corrected chi connectivity index (χ1v) is 8.87. The number of aromatic nitrogens is 1. The first-order chi connectivity index (χ1) is 12.7. The number of nitrogens with one attached hydrogen (secondary N) is 1. The molecule has 0 spiro atoms. The van der Waals surface area contributed by atoms with Crippen molar-refractivity contribution in [2.75, 3.05) is 38.8 Å². The number of carbonyl (C=O) groups excluding carboxylic acids is 1. The molecule has 6 heteroatoms. The van der Waals surface area contributed by atoms with Gasteiger partial charge in [-0.3, -0.25) is 4.79 Å². The Morgan fingerprint density at radius 1 is 1.31 bits per heavy atom. The SMILES string of the molecule is COCCOc1ncccc1C(=O)NCc1ccc2c(c1)CCCN2C. The van der Waals surface area contributed by atoms with Crippen LogP contribution in [0.2, 0.25) is 0 Å². The minimum Gasteiger partial charge on any atom is -0.475 e. The van der Waals surface area contributed by atoms with Crippen LogP contribution in [-0.2, 0) is 17.7 Å². The highest BCUT2D eigenvalue weighted by molar-refractivity contribution is 5.96. The molecule has 1 aliphatic rings. The maximum absolute atomic E-state index is 12.5. The molecule has 1 aliphatic heterocycles. The lowest BCUT2D eigenvalue weighted by molar-refractivity contribution is 0.0941. The molecule has 2 heterocycles. The molecule has 0 bridgehead atoms. The first-order valence-electron chi connectivity index (χ1n) is 8.87. The van der Waals surface area contributed by atoms with Gasteiger partial charge in [-0.05, 0) is 42.2 Å². The highest BCUT2D eigenvalue weighted by Crippen LogP contribution is 2.26. The van der Waals surface area contributed by atoms with Gasteiger partial charge >= 0.3 is 0 Å². The molecule has 3 rings (SSSR count). The van der Waals surface area contributed by atoms with Crippen molar-refractivity contribution in [1.82, 2.24) is 10.3 Å². The molecule has 26 heavy (non-hydrogen) atoms. The molecule has 0 aliphatic carbocycles. The van der Waals surface area contributed by atoms with Gasteiger partial charge in [-0.25, -0.2) is 4.98 Å². The van der Waals surface area contributed by atoms with Crippen molar-refractivity contribution in [3.63, 3.8) is 0 Å². The van der Waals surface area contributed by atoms with Crippen molar-refractivity contribution >= 4 is 11.6 Å². The van der Waals surface area contributed by atoms with Gasteiger partial charge in [0.25, 0.3) is 5.91 Å². The average Bonchev–Trinajstić information content (AvgIpc) is 2.67. The summed E-state index contributed by atoms with van der Waals surface area (Å²) in [5, 5.41) is 2.96. The molecule has 1 aromatic carbocycles. The molecule has 6 nitrogen and oxygen atoms in total. The predicted molar refractivity (Wildman–Crippen MR) is 101 cm³/mol. The number of hydrogen-bond donors (Lipinski definition) is 1. The third kappa shape index (κ3) is 4.32. The standard InChI is InChI=1S/C20H25N3O3/c1-23-10-4-5-16-13-15(7-8-18(16)23)14-22-19(24)17-6-3-9-21-20(17)26-12-11-25-2/h3,6-9,13H,4-5,10-12,14H2,1-2H3,(H,22,24). The monoisotopic (exact) mass is 355 g/mol. The van der Waals surface area contributed by atoms with Crippen molar-refractivity contribution in [2.24, 2.45) is 0 Å². The quantitative estimate of drug-likeness (QED) is 0.773. The van der Waals surface area contributed by atoms with E-state index in [1.807, 2.05) is 0 Å². The summed E-state index contributed by atoms with van der Waals surface area (Å²) < 4.78 is 10.5. The molecule has 0 atom stereocenters. The van der Waals surface area contributed by atoms with Crippen LogP contribution in [0, 0.1) is 0 Å². The normalized spacial score (nSPS) is 13.2. The lowest BCUT2D eigenvalue weighted by Gasteiger charge is -2.27. The van der Waals surface area contributed by atoms with Gasteiger partial charge in [0.15, 0.2) is 0 Å². The number of aryl methyl sites for hydroxylation is 1. The second kappa shape index (κ2) is 8.67. The minimum absolute atomic E-state index is 0.194. The average molecular weight is 355 g/mol. The highest BCUT2D eigenvalue weighted by atomic mass is 16.5. The molecular formula is C20H25N3O3. The smallest absolute Gasteiger partial charge is 0.257 e. The number of rotatable bonds is 7. The van der Waals surface area contributed by atoms with E-state index in [2.05, 4.69) is 40.4 Å². The van der Waals surface area contributed by atoms with Crippen LogP contribution in [0.25, 0.3) is 0 Å². The predicted octanol–water partition coefficient (Wildman–Crippen LogP) is 2.42. The fraction of sp³-hybridized carbons (Fsp3) is 0.400. The Morgan fingerprint density at radius 2 is 2.19 bits per heavy atom. The molecule has 0 saturated carbocycles. The van der Waals surface area contributed by atoms with Crippen LogP contribution in [0.5, 0.6) is 5.88 Å². The summed E-state index contributed by atoms with van der Waals surface area (Å²) in [5.41, 5.74) is 4.15. The van der Waals surface area contributed by atoms with E-state index < -0.39 is 0 Å². The summed E-state index contributed by atoms with van der Waals surface area (Å²) in [5.74, 6) is 0.134. The topological polar surface area (TPSA) is 63.7 Å². The third-order valence-corrected chi connectivity index (χ3v) is 4.49. The number of carbonyl (C=O) groups is 1. The van der Waals surface area contributed by atoms with Gasteiger partial charge in [-0.15, -0.1) is 0 Å². The minimum atomic E-state index is -0.194. The van der Waals surface area contributed by atoms with Crippen LogP contribution in [-0.4, -0.2) is 44.8 Å². The zero-order chi connectivity index (χ0) is 18.4. The number of pyridine rings is 1. The van der Waals surface area contributed by atoms with Crippen molar-refractivity contribution in [3.05, 3.63) is 53.2 Å². The summed E-state index contributed by atoms with van der Waals surface area (Å²) in [6.45, 7) is 2.37. The summed E-state index contributed by atoms with van der Waals surface area (Å²) >= 11 is 0. The maximum Gasteiger partial charge on any atom is 0.257 e. The molecule has 0 unspecified atom stereocenters. The van der Waals surface area contributed by atoms with Crippen LogP contribution in [0.1, 0.15) is 27.9 Å². The molecule has 1 N–H and O–H groups in total. The third-order valence-electron chi connectivity index (χ3n) is 4.49. The molecule has 1 aromatic heterocycles. The molecule has 0 fully saturated rings. The molecular weight excluding hydrogens is 330 g/mol. The van der Waals surface area contributed by atoms with E-state index in [-0.39, 0.29) is 5.91 Å². The Hall–Kier alpha value is -2.60. The van der Waals surface area contributed by atoms with Gasteiger partial charge in [0.05, 0.1) is 6.61 Å². The maximum atomic E-state index is 12.5. The Morgan fingerprint density at radius 3 is 3.04 bits per heavy atom. The second-order valence-corrected chi connectivity index (χ2v) is 6.37. The van der Waals surface area contributed by atoms with Crippen LogP contribution < -0.4 is 15.0 Å². The molecule has 0 radical (unpaired) electrons. The van der Waals surface area contributed by atoms with Gasteiger partial charge in [0.1, 0.15) is 12.2 Å². The summed E-state index contributed by atoms with van der Waals surface area (Å²) in [7, 11) is 3.72. The lowest BCUT2D eigenvalue weighted by Crippen LogP contribution is -2.26. The van der Waals surface area contributed by atoms with Gasteiger partial charge in [0.2, 0.25) is 5.88 Å². The van der Waals surface area contributed by atoms with E-state index >= 15 is 0 Å². The van der Waals surface area contributed by atoms with E-state index in [0.29, 0.717) is 31.2 Å². The van der Waals surface area contributed by atoms with Crippen molar-refractivity contribution in [3.8, 4) is 5.88 Å². The van der Waals surface area contributed by atoms with Crippen LogP contribution in [0.3, 0.4) is 0 Å². The number of benzene rings is 1. The summed E-state index contributed by atoms with van der Waals surface area (Å²) in [4.78, 5) is 19.0. The van der Waals surface area contributed by atoms with E-state index in [0.717, 1.165) is 24.9 Å². The Labute approximate surface area is 154 Å². The van der Waals surface area contributed by atoms with E-state index in [1.54, 1.807) is 25.4 Å². The van der Waals surface area contributed by atoms with Crippen molar-refractivity contribution in [2.45, 2.75) is 19.4 Å². The van der Waals surface area contributed by atoms with Gasteiger partial charge < -0.3 is 19.7 Å². The zero-order valence-corrected chi connectivity index (χ0v) is 15.3. The Balaban J connectivity index is 1.64. The van der Waals surface area contributed by atoms with Crippen molar-refractivity contribution in [1.29, 1.82) is 0 Å². The van der Waals surface area contributed by atoms with Gasteiger partial charge in [-0.2, -0.15) is 0 Å². The van der Waals surface area contributed by atoms with Crippen molar-refractivity contribution < 1.29 is 14.3 Å². The number of ether oxygens (including phenoxy) is 2. The molecule has 138 valence electrons. The fourth-order valence-electron chi connectivity index (χ4n) is 3.13. The second-order valence-electron chi connectivity index (χ2n) is 6.37. The number of amides is 1. The number of nitrogens with zero attached hydrogens (tertiary/aromatic N) is 2. The van der Waals surface area contributed by atoms with Crippen LogP contribution >= 0.6 is 0 Å². The fourth-order valence-corrected chi connectivity index (χ4v) is 3.13. The Kier molecular flexibility index (Phi) is 6.07. The zero-order valence-electron chi connectivity index (χ0n) is 15.3. The first kappa shape index (κ1) is 18.2. The van der Waals surface area contributed by atoms with E-state index in [4.69, 9.17) is 9.47 Å². The Bertz CT molecular complexity index is 764. The number of hydrogen-bond acceptors (Lipinski definition) is 5. The van der Waals surface area contributed by atoms with Gasteiger partial charge in [-0.1, -0.05) is 12.1 Å². The summed E-state index contributed by atoms with van der Waals surface area (Å²) in [6, 6.07) is 9.84. The van der Waals surface area contributed by atoms with Gasteiger partial charge in [0, 0.05) is 39.1 Å². The number of methoxy groups -OCH3 is 1. The number of fused-ring (bicyclic) bond motifs is 1. The van der Waals surface area contributed by atoms with Crippen LogP contribution in [0.15, 0.2) is 36.5 Å².